The lowest BCUT2D eigenvalue weighted by Gasteiger charge is -2.30. The Labute approximate surface area is 231 Å². The number of hydrogen-bond acceptors (Lipinski definition) is 10. The zero-order valence-electron chi connectivity index (χ0n) is 21.5. The molecule has 6 rings (SSSR count). The number of benzene rings is 2. The van der Waals surface area contributed by atoms with Crippen molar-refractivity contribution in [2.75, 3.05) is 49.0 Å². The fourth-order valence-corrected chi connectivity index (χ4v) is 7.11. The number of anilines is 2. The lowest BCUT2D eigenvalue weighted by molar-refractivity contribution is 0.122. The molecule has 0 unspecified atom stereocenters. The van der Waals surface area contributed by atoms with Crippen LogP contribution in [0.1, 0.15) is 18.4 Å². The number of rotatable bonds is 7. The summed E-state index contributed by atoms with van der Waals surface area (Å²) in [6.07, 6.45) is 3.68. The third-order valence-corrected chi connectivity index (χ3v) is 9.42. The van der Waals surface area contributed by atoms with Crippen LogP contribution in [0.4, 0.5) is 11.5 Å². The van der Waals surface area contributed by atoms with Crippen LogP contribution in [-0.2, 0) is 21.3 Å². The first-order chi connectivity index (χ1) is 18.9. The van der Waals surface area contributed by atoms with Crippen LogP contribution >= 0.6 is 11.3 Å². The van der Waals surface area contributed by atoms with Crippen LogP contribution in [0, 0.1) is 0 Å². The van der Waals surface area contributed by atoms with E-state index in [-0.39, 0.29) is 10.9 Å². The van der Waals surface area contributed by atoms with E-state index in [4.69, 9.17) is 15.5 Å². The van der Waals surface area contributed by atoms with E-state index < -0.39 is 10.0 Å². The largest absolute Gasteiger partial charge is 0.378 e. The number of morpholine rings is 1. The molecule has 204 valence electrons. The fourth-order valence-electron chi connectivity index (χ4n) is 5.07. The van der Waals surface area contributed by atoms with Gasteiger partial charge in [-0.05, 0) is 61.3 Å². The molecular formula is C27H31N7O3S2. The van der Waals surface area contributed by atoms with Crippen LogP contribution in [0.15, 0.2) is 59.8 Å². The summed E-state index contributed by atoms with van der Waals surface area (Å²) in [4.78, 5) is 19.2. The molecule has 0 radical (unpaired) electrons. The topological polar surface area (TPSA) is 127 Å². The van der Waals surface area contributed by atoms with Gasteiger partial charge in [-0.15, -0.1) is 0 Å². The maximum Gasteiger partial charge on any atom is 0.261 e. The van der Waals surface area contributed by atoms with Crippen molar-refractivity contribution in [3.8, 4) is 10.6 Å². The van der Waals surface area contributed by atoms with E-state index in [9.17, 15) is 8.42 Å². The molecule has 4 heterocycles. The van der Waals surface area contributed by atoms with Crippen LogP contribution < -0.4 is 15.4 Å². The Kier molecular flexibility index (Phi) is 7.45. The van der Waals surface area contributed by atoms with Gasteiger partial charge in [-0.3, -0.25) is 9.62 Å². The Hall–Kier alpha value is -3.16. The van der Waals surface area contributed by atoms with Gasteiger partial charge in [-0.2, -0.15) is 0 Å². The lowest BCUT2D eigenvalue weighted by atomic mass is 10.1. The summed E-state index contributed by atoms with van der Waals surface area (Å²) in [7, 11) is -3.74. The van der Waals surface area contributed by atoms with E-state index in [1.165, 1.54) is 11.3 Å². The molecule has 0 spiro atoms. The van der Waals surface area contributed by atoms with Gasteiger partial charge in [0, 0.05) is 43.5 Å². The van der Waals surface area contributed by atoms with Crippen molar-refractivity contribution in [2.24, 2.45) is 5.73 Å². The Morgan fingerprint density at radius 2 is 1.90 bits per heavy atom. The van der Waals surface area contributed by atoms with Crippen molar-refractivity contribution in [1.82, 2.24) is 19.9 Å². The normalized spacial score (nSPS) is 18.9. The van der Waals surface area contributed by atoms with Crippen molar-refractivity contribution < 1.29 is 13.2 Å². The molecule has 2 aliphatic heterocycles. The molecule has 39 heavy (non-hydrogen) atoms. The highest BCUT2D eigenvalue weighted by Crippen LogP contribution is 2.33. The Balaban J connectivity index is 1.17. The number of fused-ring (bicyclic) bond motifs is 1. The third kappa shape index (κ3) is 5.89. The zero-order valence-corrected chi connectivity index (χ0v) is 23.1. The average molecular weight is 566 g/mol. The molecule has 12 heteroatoms. The maximum atomic E-state index is 13.2. The van der Waals surface area contributed by atoms with Gasteiger partial charge < -0.3 is 15.4 Å². The zero-order chi connectivity index (χ0) is 26.8. The van der Waals surface area contributed by atoms with E-state index >= 15 is 0 Å². The summed E-state index contributed by atoms with van der Waals surface area (Å²) in [5.74, 6) is 0.820. The molecule has 0 aliphatic carbocycles. The molecular weight excluding hydrogens is 534 g/mol. The van der Waals surface area contributed by atoms with Crippen LogP contribution in [-0.4, -0.2) is 73.7 Å². The van der Waals surface area contributed by atoms with E-state index in [0.29, 0.717) is 25.4 Å². The summed E-state index contributed by atoms with van der Waals surface area (Å²) in [5, 5.41) is 0.805. The van der Waals surface area contributed by atoms with Gasteiger partial charge in [0.15, 0.2) is 5.82 Å². The minimum atomic E-state index is -3.74. The van der Waals surface area contributed by atoms with Crippen LogP contribution in [0.25, 0.3) is 20.9 Å². The highest BCUT2D eigenvalue weighted by atomic mass is 32.2. The number of thiazole rings is 1. The molecule has 2 aromatic heterocycles. The van der Waals surface area contributed by atoms with Crippen molar-refractivity contribution in [1.29, 1.82) is 0 Å². The highest BCUT2D eigenvalue weighted by molar-refractivity contribution is 7.92. The predicted molar refractivity (Wildman–Crippen MR) is 153 cm³/mol. The standard InChI is InChI=1S/C27H31N7O3S2/c28-21-4-2-10-33(17-21)16-19-3-1-5-23(15-19)39(35,36)32-22-8-6-20(7-9-22)26-31-24-25(29-18-30-27(24)38-26)34-11-13-37-14-12-34/h1,3,5-9,15,18,21,32H,2,4,10-14,16-17,28H2/t21-/m1/s1. The van der Waals surface area contributed by atoms with Gasteiger partial charge in [0.25, 0.3) is 10.0 Å². The quantitative estimate of drug-likeness (QED) is 0.347. The molecule has 2 aliphatic rings. The summed E-state index contributed by atoms with van der Waals surface area (Å²) >= 11 is 1.49. The second-order valence-corrected chi connectivity index (χ2v) is 12.6. The van der Waals surface area contributed by atoms with Crippen LogP contribution in [0.2, 0.25) is 0 Å². The minimum Gasteiger partial charge on any atom is -0.378 e. The second kappa shape index (κ2) is 11.1. The van der Waals surface area contributed by atoms with E-state index in [1.807, 2.05) is 18.2 Å². The number of hydrogen-bond donors (Lipinski definition) is 2. The molecule has 2 saturated heterocycles. The molecule has 3 N–H and O–H groups in total. The maximum absolute atomic E-state index is 13.2. The SMILES string of the molecule is N[C@@H]1CCCN(Cc2cccc(S(=O)(=O)Nc3ccc(-c4nc5c(N6CCOCC6)ncnc5s4)cc3)c2)C1. The van der Waals surface area contributed by atoms with Gasteiger partial charge in [0.1, 0.15) is 21.7 Å². The molecule has 10 nitrogen and oxygen atoms in total. The highest BCUT2D eigenvalue weighted by Gasteiger charge is 2.21. The van der Waals surface area contributed by atoms with Crippen molar-refractivity contribution >= 4 is 43.2 Å². The third-order valence-electron chi connectivity index (χ3n) is 7.03. The van der Waals surface area contributed by atoms with Gasteiger partial charge in [0.05, 0.1) is 18.1 Å². The minimum absolute atomic E-state index is 0.179. The number of nitrogens with one attached hydrogen (secondary N) is 1. The van der Waals surface area contributed by atoms with E-state index in [1.54, 1.807) is 36.7 Å². The molecule has 0 saturated carbocycles. The van der Waals surface area contributed by atoms with Crippen molar-refractivity contribution in [3.63, 3.8) is 0 Å². The first-order valence-electron chi connectivity index (χ1n) is 13.1. The Morgan fingerprint density at radius 1 is 1.08 bits per heavy atom. The molecule has 0 amide bonds. The summed E-state index contributed by atoms with van der Waals surface area (Å²) < 4.78 is 34.5. The summed E-state index contributed by atoms with van der Waals surface area (Å²) in [6, 6.07) is 14.5. The van der Waals surface area contributed by atoms with Crippen molar-refractivity contribution in [3.05, 3.63) is 60.4 Å². The Morgan fingerprint density at radius 3 is 2.69 bits per heavy atom. The summed E-state index contributed by atoms with van der Waals surface area (Å²) in [5.41, 5.74) is 9.21. The van der Waals surface area contributed by atoms with E-state index in [0.717, 1.165) is 71.3 Å². The molecule has 2 aromatic carbocycles. The number of ether oxygens (including phenoxy) is 1. The second-order valence-electron chi connectivity index (χ2n) is 9.94. The van der Waals surface area contributed by atoms with Gasteiger partial charge in [0.2, 0.25) is 0 Å². The number of aromatic nitrogens is 3. The molecule has 4 aromatic rings. The monoisotopic (exact) mass is 565 g/mol. The van der Waals surface area contributed by atoms with Gasteiger partial charge >= 0.3 is 0 Å². The average Bonchev–Trinajstić information content (AvgIpc) is 3.39. The molecule has 1 atom stereocenters. The smallest absolute Gasteiger partial charge is 0.261 e. The van der Waals surface area contributed by atoms with E-state index in [2.05, 4.69) is 24.5 Å². The predicted octanol–water partition coefficient (Wildman–Crippen LogP) is 3.31. The number of piperidine rings is 1. The van der Waals surface area contributed by atoms with Crippen molar-refractivity contribution in [2.45, 2.75) is 30.3 Å². The number of nitrogens with two attached hydrogens (primary N) is 1. The first-order valence-corrected chi connectivity index (χ1v) is 15.4. The van der Waals surface area contributed by atoms with Gasteiger partial charge in [-0.1, -0.05) is 23.5 Å². The lowest BCUT2D eigenvalue weighted by Crippen LogP contribution is -2.42. The molecule has 2 fully saturated rings. The molecule has 0 bridgehead atoms. The first kappa shape index (κ1) is 26.1. The van der Waals surface area contributed by atoms with Crippen LogP contribution in [0.3, 0.4) is 0 Å². The number of sulfonamides is 1. The van der Waals surface area contributed by atoms with Crippen LogP contribution in [0.5, 0.6) is 0 Å². The number of nitrogens with zero attached hydrogens (tertiary/aromatic N) is 5. The number of likely N-dealkylation sites (tertiary alicyclic amines) is 1. The Bertz CT molecular complexity index is 1550. The van der Waals surface area contributed by atoms with Gasteiger partial charge in [-0.25, -0.2) is 23.4 Å². The fraction of sp³-hybridized carbons (Fsp3) is 0.370. The summed E-state index contributed by atoms with van der Waals surface area (Å²) in [6.45, 7) is 5.36.